The van der Waals surface area contributed by atoms with Gasteiger partial charge in [0.2, 0.25) is 0 Å². The Labute approximate surface area is 135 Å². The van der Waals surface area contributed by atoms with Crippen molar-refractivity contribution in [3.63, 3.8) is 0 Å². The predicted molar refractivity (Wildman–Crippen MR) is 89.9 cm³/mol. The molecule has 0 saturated carbocycles. The smallest absolute Gasteiger partial charge is 0.328 e. The molecule has 0 aliphatic heterocycles. The molecular formula is C16H13N5O3. The molecule has 8 nitrogen and oxygen atoms in total. The Morgan fingerprint density at radius 3 is 2.46 bits per heavy atom. The third-order valence-electron chi connectivity index (χ3n) is 4.23. The van der Waals surface area contributed by atoms with Crippen molar-refractivity contribution in [3.05, 3.63) is 57.0 Å². The Balaban J connectivity index is 2.09. The van der Waals surface area contributed by atoms with Crippen molar-refractivity contribution in [1.82, 2.24) is 19.1 Å². The monoisotopic (exact) mass is 323 g/mol. The molecule has 0 amide bonds. The van der Waals surface area contributed by atoms with E-state index in [0.29, 0.717) is 22.4 Å². The summed E-state index contributed by atoms with van der Waals surface area (Å²) in [6.07, 6.45) is 0. The quantitative estimate of drug-likeness (QED) is 0.452. The van der Waals surface area contributed by atoms with E-state index in [1.165, 1.54) is 15.2 Å². The molecule has 1 N–H and O–H groups in total. The van der Waals surface area contributed by atoms with Gasteiger partial charge in [0.25, 0.3) is 5.69 Å². The second-order valence-corrected chi connectivity index (χ2v) is 5.62. The number of nitro benzene ring substituents is 1. The number of benzene rings is 2. The fraction of sp³-hybridized carbons (Fsp3) is 0.125. The standard InChI is InChI=1S/C16H13N5O3/c1-19-13-7-9(15-17-10-5-3-4-6-11(10)18-15)12(21(23)24)8-14(13)20(2)16(19)22/h3-8H,1-2H3,(H,17,18). The zero-order valence-corrected chi connectivity index (χ0v) is 13.0. The number of rotatable bonds is 2. The molecule has 24 heavy (non-hydrogen) atoms. The van der Waals surface area contributed by atoms with E-state index in [1.807, 2.05) is 24.3 Å². The molecule has 4 rings (SSSR count). The van der Waals surface area contributed by atoms with E-state index in [0.717, 1.165) is 11.0 Å². The van der Waals surface area contributed by atoms with Crippen LogP contribution in [0.1, 0.15) is 0 Å². The normalized spacial score (nSPS) is 11.4. The summed E-state index contributed by atoms with van der Waals surface area (Å²) in [4.78, 5) is 30.7. The Kier molecular flexibility index (Phi) is 2.83. The van der Waals surface area contributed by atoms with Gasteiger partial charge in [-0.15, -0.1) is 0 Å². The number of imidazole rings is 2. The highest BCUT2D eigenvalue weighted by molar-refractivity contribution is 5.89. The van der Waals surface area contributed by atoms with E-state index >= 15 is 0 Å². The molecule has 0 fully saturated rings. The average Bonchev–Trinajstić information content (AvgIpc) is 3.10. The number of aromatic amines is 1. The lowest BCUT2D eigenvalue weighted by atomic mass is 10.1. The van der Waals surface area contributed by atoms with Crippen LogP contribution in [-0.4, -0.2) is 24.0 Å². The summed E-state index contributed by atoms with van der Waals surface area (Å²) < 4.78 is 2.86. The first kappa shape index (κ1) is 14.2. The zero-order chi connectivity index (χ0) is 17.0. The zero-order valence-electron chi connectivity index (χ0n) is 13.0. The minimum Gasteiger partial charge on any atom is -0.338 e. The van der Waals surface area contributed by atoms with Crippen LogP contribution in [0.25, 0.3) is 33.5 Å². The largest absolute Gasteiger partial charge is 0.338 e. The van der Waals surface area contributed by atoms with Gasteiger partial charge in [0.15, 0.2) is 0 Å². The number of nitrogens with zero attached hydrogens (tertiary/aromatic N) is 4. The molecule has 0 atom stereocenters. The highest BCUT2D eigenvalue weighted by atomic mass is 16.6. The molecule has 0 radical (unpaired) electrons. The van der Waals surface area contributed by atoms with E-state index < -0.39 is 4.92 Å². The highest BCUT2D eigenvalue weighted by Crippen LogP contribution is 2.33. The van der Waals surface area contributed by atoms with Gasteiger partial charge in [0, 0.05) is 20.2 Å². The van der Waals surface area contributed by atoms with E-state index in [1.54, 1.807) is 20.2 Å². The lowest BCUT2D eigenvalue weighted by molar-refractivity contribution is -0.384. The van der Waals surface area contributed by atoms with Gasteiger partial charge in [-0.3, -0.25) is 19.2 Å². The van der Waals surface area contributed by atoms with Gasteiger partial charge >= 0.3 is 5.69 Å². The number of fused-ring (bicyclic) bond motifs is 2. The van der Waals surface area contributed by atoms with Crippen LogP contribution < -0.4 is 5.69 Å². The number of nitro groups is 1. The molecule has 0 aliphatic rings. The van der Waals surface area contributed by atoms with Crippen LogP contribution in [-0.2, 0) is 14.1 Å². The van der Waals surface area contributed by atoms with Gasteiger partial charge in [0.05, 0.1) is 32.6 Å². The van der Waals surface area contributed by atoms with Crippen molar-refractivity contribution in [2.75, 3.05) is 0 Å². The van der Waals surface area contributed by atoms with Crippen molar-refractivity contribution in [2.45, 2.75) is 0 Å². The molecule has 0 spiro atoms. The second kappa shape index (κ2) is 4.79. The minimum atomic E-state index is -0.459. The number of hydrogen-bond acceptors (Lipinski definition) is 4. The number of para-hydroxylation sites is 2. The average molecular weight is 323 g/mol. The van der Waals surface area contributed by atoms with Crippen LogP contribution in [0.15, 0.2) is 41.2 Å². The fourth-order valence-electron chi connectivity index (χ4n) is 2.96. The molecular weight excluding hydrogens is 310 g/mol. The molecule has 0 unspecified atom stereocenters. The summed E-state index contributed by atoms with van der Waals surface area (Å²) in [5.74, 6) is 0.404. The summed E-state index contributed by atoms with van der Waals surface area (Å²) in [6, 6.07) is 10.5. The minimum absolute atomic E-state index is 0.0947. The maximum absolute atomic E-state index is 12.1. The van der Waals surface area contributed by atoms with Crippen LogP contribution in [0, 0.1) is 10.1 Å². The van der Waals surface area contributed by atoms with Gasteiger partial charge in [-0.2, -0.15) is 0 Å². The van der Waals surface area contributed by atoms with Crippen molar-refractivity contribution < 1.29 is 4.92 Å². The first-order chi connectivity index (χ1) is 11.5. The van der Waals surface area contributed by atoms with Gasteiger partial charge in [-0.1, -0.05) is 12.1 Å². The van der Waals surface area contributed by atoms with Crippen LogP contribution in [0.4, 0.5) is 5.69 Å². The number of aromatic nitrogens is 4. The number of nitrogens with one attached hydrogen (secondary N) is 1. The third kappa shape index (κ3) is 1.86. The number of H-pyrrole nitrogens is 1. The van der Waals surface area contributed by atoms with Gasteiger partial charge in [-0.05, 0) is 18.2 Å². The summed E-state index contributed by atoms with van der Waals surface area (Å²) in [5.41, 5.74) is 2.67. The summed E-state index contributed by atoms with van der Waals surface area (Å²) in [6.45, 7) is 0. The lowest BCUT2D eigenvalue weighted by Gasteiger charge is -2.02. The first-order valence-corrected chi connectivity index (χ1v) is 7.26. The van der Waals surface area contributed by atoms with Gasteiger partial charge < -0.3 is 4.98 Å². The maximum Gasteiger partial charge on any atom is 0.328 e. The Hall–Kier alpha value is -3.42. The Bertz CT molecular complexity index is 1150. The molecule has 2 aromatic heterocycles. The molecule has 0 saturated heterocycles. The molecule has 8 heteroatoms. The molecule has 0 aliphatic carbocycles. The summed E-state index contributed by atoms with van der Waals surface area (Å²) in [7, 11) is 3.23. The number of hydrogen-bond donors (Lipinski definition) is 1. The second-order valence-electron chi connectivity index (χ2n) is 5.62. The van der Waals surface area contributed by atoms with Gasteiger partial charge in [0.1, 0.15) is 5.82 Å². The van der Waals surface area contributed by atoms with Crippen LogP contribution in [0.3, 0.4) is 0 Å². The van der Waals surface area contributed by atoms with Crippen LogP contribution >= 0.6 is 0 Å². The van der Waals surface area contributed by atoms with Crippen molar-refractivity contribution >= 4 is 27.8 Å². The Morgan fingerprint density at radius 2 is 1.79 bits per heavy atom. The summed E-state index contributed by atoms with van der Waals surface area (Å²) in [5, 5.41) is 11.5. The van der Waals surface area contributed by atoms with Crippen LogP contribution in [0.2, 0.25) is 0 Å². The predicted octanol–water partition coefficient (Wildman–Crippen LogP) is 2.33. The Morgan fingerprint density at radius 1 is 1.12 bits per heavy atom. The lowest BCUT2D eigenvalue weighted by Crippen LogP contribution is -2.19. The molecule has 120 valence electrons. The van der Waals surface area contributed by atoms with Crippen molar-refractivity contribution in [3.8, 4) is 11.4 Å². The molecule has 2 aromatic carbocycles. The summed E-state index contributed by atoms with van der Waals surface area (Å²) >= 11 is 0. The van der Waals surface area contributed by atoms with Crippen molar-refractivity contribution in [2.24, 2.45) is 14.1 Å². The fourth-order valence-corrected chi connectivity index (χ4v) is 2.96. The van der Waals surface area contributed by atoms with E-state index in [9.17, 15) is 14.9 Å². The van der Waals surface area contributed by atoms with Gasteiger partial charge in [-0.25, -0.2) is 9.78 Å². The SMILES string of the molecule is Cn1c(=O)n(C)c2cc([N+](=O)[O-])c(-c3nc4ccccc4[nH]3)cc21. The third-order valence-corrected chi connectivity index (χ3v) is 4.23. The molecule has 4 aromatic rings. The molecule has 0 bridgehead atoms. The van der Waals surface area contributed by atoms with Crippen LogP contribution in [0.5, 0.6) is 0 Å². The van der Waals surface area contributed by atoms with Crippen molar-refractivity contribution in [1.29, 1.82) is 0 Å². The van der Waals surface area contributed by atoms with E-state index in [4.69, 9.17) is 0 Å². The topological polar surface area (TPSA) is 98.8 Å². The number of aryl methyl sites for hydroxylation is 2. The maximum atomic E-state index is 12.1. The first-order valence-electron chi connectivity index (χ1n) is 7.26. The molecule has 2 heterocycles. The van der Waals surface area contributed by atoms with E-state index in [2.05, 4.69) is 9.97 Å². The van der Waals surface area contributed by atoms with E-state index in [-0.39, 0.29) is 11.4 Å². The highest BCUT2D eigenvalue weighted by Gasteiger charge is 2.22.